The lowest BCUT2D eigenvalue weighted by Gasteiger charge is -2.29. The second-order valence-electron chi connectivity index (χ2n) is 8.20. The van der Waals surface area contributed by atoms with Crippen molar-refractivity contribution in [2.45, 2.75) is 84.3 Å². The first-order valence-electron chi connectivity index (χ1n) is 11.8. The largest absolute Gasteiger partial charge is 0.508 e. The fraction of sp³-hybridized carbons (Fsp3) is 0.600. The Kier molecular flexibility index (Phi) is 12.8. The number of carbonyl (C=O) groups excluding carboxylic acids is 4. The van der Waals surface area contributed by atoms with Crippen molar-refractivity contribution < 1.29 is 42.9 Å². The van der Waals surface area contributed by atoms with Crippen molar-refractivity contribution in [3.05, 3.63) is 23.8 Å². The molecular formula is C25H37NO9. The zero-order chi connectivity index (χ0) is 26.4. The standard InChI is InChI=1S/C25H37NO9/c1-6-9-10-13-32-24(30)33-17(4)15-25(26,23(29)31-5)16-18-11-12-19(34-21(27)7-2)20(14-18)35-22(28)8-3/h11-12,14,17H,6-10,13,15-16,26H2,1-5H3/t17-,25?/m0/s1. The highest BCUT2D eigenvalue weighted by Crippen LogP contribution is 2.31. The van der Waals surface area contributed by atoms with Crippen LogP contribution in [-0.2, 0) is 35.0 Å². The molecule has 10 heteroatoms. The molecule has 0 saturated carbocycles. The van der Waals surface area contributed by atoms with Crippen molar-refractivity contribution >= 4 is 24.1 Å². The Balaban J connectivity index is 3.04. The third-order valence-corrected chi connectivity index (χ3v) is 5.06. The molecule has 0 radical (unpaired) electrons. The van der Waals surface area contributed by atoms with Crippen LogP contribution in [0.4, 0.5) is 4.79 Å². The molecule has 2 N–H and O–H groups in total. The van der Waals surface area contributed by atoms with Crippen molar-refractivity contribution in [1.29, 1.82) is 0 Å². The molecule has 0 heterocycles. The first-order chi connectivity index (χ1) is 16.6. The molecule has 35 heavy (non-hydrogen) atoms. The normalized spacial score (nSPS) is 13.2. The maximum Gasteiger partial charge on any atom is 0.508 e. The van der Waals surface area contributed by atoms with Gasteiger partial charge in [-0.3, -0.25) is 14.4 Å². The summed E-state index contributed by atoms with van der Waals surface area (Å²) in [6.07, 6.45) is 1.23. The van der Waals surface area contributed by atoms with E-state index in [4.69, 9.17) is 29.4 Å². The van der Waals surface area contributed by atoms with Crippen LogP contribution in [0.3, 0.4) is 0 Å². The van der Waals surface area contributed by atoms with Crippen LogP contribution in [0.15, 0.2) is 18.2 Å². The van der Waals surface area contributed by atoms with Gasteiger partial charge in [-0.05, 0) is 31.0 Å². The molecular weight excluding hydrogens is 458 g/mol. The third kappa shape index (κ3) is 10.3. The Morgan fingerprint density at radius 3 is 2.17 bits per heavy atom. The Morgan fingerprint density at radius 1 is 0.971 bits per heavy atom. The molecule has 10 nitrogen and oxygen atoms in total. The van der Waals surface area contributed by atoms with Crippen LogP contribution in [0.2, 0.25) is 0 Å². The number of hydrogen-bond donors (Lipinski definition) is 1. The first kappa shape index (κ1) is 29.9. The quantitative estimate of drug-likeness (QED) is 0.230. The number of hydrogen-bond acceptors (Lipinski definition) is 10. The molecule has 0 spiro atoms. The zero-order valence-electron chi connectivity index (χ0n) is 21.2. The number of carbonyl (C=O) groups is 4. The summed E-state index contributed by atoms with van der Waals surface area (Å²) in [5, 5.41) is 0. The van der Waals surface area contributed by atoms with E-state index in [9.17, 15) is 19.2 Å². The average Bonchev–Trinajstić information content (AvgIpc) is 2.82. The minimum atomic E-state index is -1.57. The van der Waals surface area contributed by atoms with E-state index in [0.717, 1.165) is 19.3 Å². The van der Waals surface area contributed by atoms with Crippen LogP contribution in [0, 0.1) is 0 Å². The van der Waals surface area contributed by atoms with Gasteiger partial charge in [-0.1, -0.05) is 39.7 Å². The van der Waals surface area contributed by atoms with E-state index in [0.29, 0.717) is 5.56 Å². The van der Waals surface area contributed by atoms with Crippen LogP contribution in [0.25, 0.3) is 0 Å². The molecule has 0 bridgehead atoms. The van der Waals surface area contributed by atoms with Crippen molar-refractivity contribution in [3.63, 3.8) is 0 Å². The number of methoxy groups -OCH3 is 1. The van der Waals surface area contributed by atoms with Gasteiger partial charge in [0.15, 0.2) is 11.5 Å². The Morgan fingerprint density at radius 2 is 1.60 bits per heavy atom. The fourth-order valence-corrected chi connectivity index (χ4v) is 3.27. The summed E-state index contributed by atoms with van der Waals surface area (Å²) in [7, 11) is 1.21. The number of unbranched alkanes of at least 4 members (excludes halogenated alkanes) is 2. The van der Waals surface area contributed by atoms with E-state index >= 15 is 0 Å². The summed E-state index contributed by atoms with van der Waals surface area (Å²) >= 11 is 0. The topological polar surface area (TPSA) is 140 Å². The summed E-state index contributed by atoms with van der Waals surface area (Å²) in [5.41, 5.74) is 5.37. The molecule has 0 aliphatic rings. The van der Waals surface area contributed by atoms with Crippen LogP contribution >= 0.6 is 0 Å². The predicted octanol–water partition coefficient (Wildman–Crippen LogP) is 3.85. The second-order valence-corrected chi connectivity index (χ2v) is 8.20. The molecule has 0 aromatic heterocycles. The summed E-state index contributed by atoms with van der Waals surface area (Å²) in [4.78, 5) is 48.1. The molecule has 1 aromatic rings. The molecule has 0 aliphatic heterocycles. The molecule has 2 atom stereocenters. The highest BCUT2D eigenvalue weighted by atomic mass is 16.7. The van der Waals surface area contributed by atoms with Crippen molar-refractivity contribution in [3.8, 4) is 11.5 Å². The number of esters is 3. The van der Waals surface area contributed by atoms with Crippen LogP contribution in [0.5, 0.6) is 11.5 Å². The van der Waals surface area contributed by atoms with Crippen molar-refractivity contribution in [1.82, 2.24) is 0 Å². The van der Waals surface area contributed by atoms with E-state index in [1.807, 2.05) is 6.92 Å². The van der Waals surface area contributed by atoms with Crippen molar-refractivity contribution in [2.75, 3.05) is 13.7 Å². The van der Waals surface area contributed by atoms with Crippen LogP contribution in [-0.4, -0.2) is 49.4 Å². The van der Waals surface area contributed by atoms with Gasteiger partial charge in [-0.2, -0.15) is 0 Å². The lowest BCUT2D eigenvalue weighted by molar-refractivity contribution is -0.148. The Hall–Kier alpha value is -3.14. The maximum absolute atomic E-state index is 12.6. The van der Waals surface area contributed by atoms with Gasteiger partial charge in [0, 0.05) is 25.7 Å². The lowest BCUT2D eigenvalue weighted by atomic mass is 9.86. The van der Waals surface area contributed by atoms with E-state index in [1.54, 1.807) is 26.8 Å². The minimum Gasteiger partial charge on any atom is -0.468 e. The number of rotatable bonds is 14. The Bertz CT molecular complexity index is 870. The van der Waals surface area contributed by atoms with E-state index < -0.39 is 35.7 Å². The molecule has 196 valence electrons. The van der Waals surface area contributed by atoms with Gasteiger partial charge >= 0.3 is 24.1 Å². The smallest absolute Gasteiger partial charge is 0.468 e. The summed E-state index contributed by atoms with van der Waals surface area (Å²) < 4.78 is 25.7. The van der Waals surface area contributed by atoms with E-state index in [1.165, 1.54) is 19.2 Å². The van der Waals surface area contributed by atoms with Gasteiger partial charge in [0.1, 0.15) is 11.6 Å². The molecule has 1 aromatic carbocycles. The highest BCUT2D eigenvalue weighted by Gasteiger charge is 2.38. The van der Waals surface area contributed by atoms with Crippen LogP contribution < -0.4 is 15.2 Å². The molecule has 0 amide bonds. The molecule has 1 rings (SSSR count). The lowest BCUT2D eigenvalue weighted by Crippen LogP contribution is -2.53. The fourth-order valence-electron chi connectivity index (χ4n) is 3.27. The highest BCUT2D eigenvalue weighted by molar-refractivity contribution is 5.81. The summed E-state index contributed by atoms with van der Waals surface area (Å²) in [6.45, 7) is 7.15. The summed E-state index contributed by atoms with van der Waals surface area (Å²) in [6, 6.07) is 4.54. The molecule has 1 unspecified atom stereocenters. The van der Waals surface area contributed by atoms with Gasteiger partial charge in [-0.25, -0.2) is 4.79 Å². The first-order valence-corrected chi connectivity index (χ1v) is 11.8. The predicted molar refractivity (Wildman–Crippen MR) is 127 cm³/mol. The maximum atomic E-state index is 12.6. The monoisotopic (exact) mass is 495 g/mol. The van der Waals surface area contributed by atoms with Gasteiger partial charge in [-0.15, -0.1) is 0 Å². The number of nitrogens with two attached hydrogens (primary N) is 1. The average molecular weight is 496 g/mol. The molecule has 0 fully saturated rings. The Labute approximate surface area is 206 Å². The van der Waals surface area contributed by atoms with E-state index in [-0.39, 0.29) is 43.8 Å². The minimum absolute atomic E-state index is 0.0302. The SMILES string of the molecule is CCCCCOC(=O)O[C@@H](C)CC(N)(Cc1ccc(OC(=O)CC)c(OC(=O)CC)c1)C(=O)OC. The van der Waals surface area contributed by atoms with Gasteiger partial charge in [0.25, 0.3) is 0 Å². The summed E-state index contributed by atoms with van der Waals surface area (Å²) in [5.74, 6) is -1.63. The number of benzene rings is 1. The van der Waals surface area contributed by atoms with Crippen LogP contribution in [0.1, 0.15) is 71.8 Å². The van der Waals surface area contributed by atoms with Gasteiger partial charge in [0.2, 0.25) is 0 Å². The third-order valence-electron chi connectivity index (χ3n) is 5.06. The van der Waals surface area contributed by atoms with Gasteiger partial charge in [0.05, 0.1) is 13.7 Å². The zero-order valence-corrected chi connectivity index (χ0v) is 21.2. The molecule has 0 saturated heterocycles. The number of ether oxygens (including phenoxy) is 5. The van der Waals surface area contributed by atoms with E-state index in [2.05, 4.69) is 0 Å². The van der Waals surface area contributed by atoms with Gasteiger partial charge < -0.3 is 29.4 Å². The van der Waals surface area contributed by atoms with Crippen molar-refractivity contribution in [2.24, 2.45) is 5.73 Å². The second kappa shape index (κ2) is 15.0. The molecule has 0 aliphatic carbocycles.